The highest BCUT2D eigenvalue weighted by atomic mass is 28.4. The number of carbonyl (C=O) groups excluding carboxylic acids is 1. The number of aromatic nitrogens is 3. The molecule has 2 aromatic carbocycles. The molecular weight excluding hydrogens is 544 g/mol. The van der Waals surface area contributed by atoms with Crippen molar-refractivity contribution in [3.8, 4) is 28.1 Å². The van der Waals surface area contributed by atoms with Gasteiger partial charge in [-0.05, 0) is 69.6 Å². The molecule has 0 saturated heterocycles. The maximum absolute atomic E-state index is 12.7. The van der Waals surface area contributed by atoms with Crippen LogP contribution in [0.4, 0.5) is 4.79 Å². The molecule has 0 saturated carbocycles. The Morgan fingerprint density at radius 1 is 0.976 bits per heavy atom. The van der Waals surface area contributed by atoms with Gasteiger partial charge in [0.1, 0.15) is 12.4 Å². The monoisotopic (exact) mass is 588 g/mol. The van der Waals surface area contributed by atoms with Gasteiger partial charge in [-0.25, -0.2) is 4.79 Å². The highest BCUT2D eigenvalue weighted by Crippen LogP contribution is 2.37. The van der Waals surface area contributed by atoms with Gasteiger partial charge >= 0.3 is 6.09 Å². The maximum atomic E-state index is 12.7. The molecule has 0 aliphatic heterocycles. The summed E-state index contributed by atoms with van der Waals surface area (Å²) in [5.41, 5.74) is 5.28. The molecule has 4 rings (SSSR count). The zero-order chi connectivity index (χ0) is 30.7. The first-order valence-electron chi connectivity index (χ1n) is 14.4. The zero-order valence-corrected chi connectivity index (χ0v) is 27.3. The molecule has 2 N–H and O–H groups in total. The van der Waals surface area contributed by atoms with E-state index in [1.807, 2.05) is 76.2 Å². The summed E-state index contributed by atoms with van der Waals surface area (Å²) in [4.78, 5) is 17.5. The number of hydrogen-bond acceptors (Lipinski definition) is 6. The lowest BCUT2D eigenvalue weighted by molar-refractivity contribution is 0.0289. The van der Waals surface area contributed by atoms with E-state index >= 15 is 0 Å². The summed E-state index contributed by atoms with van der Waals surface area (Å²) in [5, 5.41) is 11.4. The molecule has 0 spiro atoms. The Hall–Kier alpha value is -3.69. The molecule has 8 nitrogen and oxygen atoms in total. The molecule has 0 bridgehead atoms. The van der Waals surface area contributed by atoms with Crippen LogP contribution in [0.5, 0.6) is 5.75 Å². The standard InChI is InChI=1S/C33H44N4O4Si/c1-22-27-17-24(15-16-29(27)37-36-22)28-18-25(19-34-30(28)23-13-11-10-12-14-23)39-20-26(41-31(38)35-32(2,3)4)21-40-42(8,9)33(5,6)7/h10-19,26H,20-21H2,1-9H3,(H,35,38)(H,36,37)/t26-/m1/s1. The van der Waals surface area contributed by atoms with Crippen molar-refractivity contribution in [2.45, 2.75) is 78.2 Å². The van der Waals surface area contributed by atoms with Crippen LogP contribution < -0.4 is 10.1 Å². The fourth-order valence-electron chi connectivity index (χ4n) is 4.19. The fraction of sp³-hybridized carbons (Fsp3) is 0.424. The lowest BCUT2D eigenvalue weighted by atomic mass is 9.98. The average Bonchev–Trinajstić information content (AvgIpc) is 3.28. The Morgan fingerprint density at radius 2 is 1.69 bits per heavy atom. The molecule has 2 heterocycles. The number of carbonyl (C=O) groups is 1. The highest BCUT2D eigenvalue weighted by molar-refractivity contribution is 6.74. The molecule has 0 aliphatic carbocycles. The Kier molecular flexibility index (Phi) is 9.13. The number of ether oxygens (including phenoxy) is 2. The molecule has 42 heavy (non-hydrogen) atoms. The summed E-state index contributed by atoms with van der Waals surface area (Å²) < 4.78 is 18.5. The number of amides is 1. The average molecular weight is 589 g/mol. The van der Waals surface area contributed by atoms with Crippen LogP contribution in [0.1, 0.15) is 47.2 Å². The van der Waals surface area contributed by atoms with E-state index in [4.69, 9.17) is 18.9 Å². The molecule has 2 aromatic heterocycles. The van der Waals surface area contributed by atoms with E-state index in [2.05, 4.69) is 55.4 Å². The van der Waals surface area contributed by atoms with Crippen molar-refractivity contribution in [3.05, 3.63) is 66.5 Å². The van der Waals surface area contributed by atoms with Crippen molar-refractivity contribution in [2.75, 3.05) is 13.2 Å². The molecule has 4 aromatic rings. The van der Waals surface area contributed by atoms with E-state index in [1.165, 1.54) is 0 Å². The first kappa shape index (κ1) is 31.2. The number of pyridine rings is 1. The normalized spacial score (nSPS) is 13.2. The Labute approximate surface area is 250 Å². The molecule has 9 heteroatoms. The number of hydrogen-bond donors (Lipinski definition) is 2. The van der Waals surface area contributed by atoms with Crippen molar-refractivity contribution in [3.63, 3.8) is 0 Å². The van der Waals surface area contributed by atoms with Crippen LogP contribution in [0.2, 0.25) is 18.1 Å². The van der Waals surface area contributed by atoms with Crippen molar-refractivity contribution in [1.82, 2.24) is 20.5 Å². The summed E-state index contributed by atoms with van der Waals surface area (Å²) in [6.07, 6.45) is 0.606. The minimum absolute atomic E-state index is 0.0204. The summed E-state index contributed by atoms with van der Waals surface area (Å²) >= 11 is 0. The van der Waals surface area contributed by atoms with Gasteiger partial charge < -0.3 is 19.2 Å². The largest absolute Gasteiger partial charge is 0.488 e. The topological polar surface area (TPSA) is 98.4 Å². The number of fused-ring (bicyclic) bond motifs is 1. The fourth-order valence-corrected chi connectivity index (χ4v) is 5.22. The van der Waals surface area contributed by atoms with Crippen molar-refractivity contribution in [2.24, 2.45) is 0 Å². The van der Waals surface area contributed by atoms with Crippen LogP contribution in [0.15, 0.2) is 60.8 Å². The van der Waals surface area contributed by atoms with E-state index in [0.29, 0.717) is 5.75 Å². The first-order valence-corrected chi connectivity index (χ1v) is 17.3. The number of aromatic amines is 1. The van der Waals surface area contributed by atoms with E-state index in [9.17, 15) is 4.79 Å². The van der Waals surface area contributed by atoms with Crippen LogP contribution in [0.3, 0.4) is 0 Å². The summed E-state index contributed by atoms with van der Waals surface area (Å²) in [6.45, 7) is 19.0. The third kappa shape index (κ3) is 7.77. The van der Waals surface area contributed by atoms with Crippen LogP contribution in [-0.2, 0) is 9.16 Å². The Morgan fingerprint density at radius 3 is 2.36 bits per heavy atom. The predicted molar refractivity (Wildman–Crippen MR) is 171 cm³/mol. The number of nitrogens with zero attached hydrogens (tertiary/aromatic N) is 2. The van der Waals surface area contributed by atoms with Crippen molar-refractivity contribution in [1.29, 1.82) is 0 Å². The highest BCUT2D eigenvalue weighted by Gasteiger charge is 2.38. The lowest BCUT2D eigenvalue weighted by Gasteiger charge is -2.37. The predicted octanol–water partition coefficient (Wildman–Crippen LogP) is 7.89. The second-order valence-corrected chi connectivity index (χ2v) is 18.1. The molecule has 0 fully saturated rings. The van der Waals surface area contributed by atoms with Gasteiger partial charge in [0.05, 0.1) is 24.0 Å². The molecule has 0 unspecified atom stereocenters. The van der Waals surface area contributed by atoms with Gasteiger partial charge in [0, 0.05) is 27.7 Å². The van der Waals surface area contributed by atoms with E-state index in [1.54, 1.807) is 6.20 Å². The first-order chi connectivity index (χ1) is 19.6. The third-order valence-electron chi connectivity index (χ3n) is 7.59. The molecule has 0 aliphatic rings. The number of benzene rings is 2. The van der Waals surface area contributed by atoms with E-state index in [-0.39, 0.29) is 18.3 Å². The van der Waals surface area contributed by atoms with Gasteiger partial charge in [-0.1, -0.05) is 57.2 Å². The summed E-state index contributed by atoms with van der Waals surface area (Å²) in [6, 6.07) is 18.3. The maximum Gasteiger partial charge on any atom is 0.408 e. The summed E-state index contributed by atoms with van der Waals surface area (Å²) in [5.74, 6) is 0.575. The van der Waals surface area contributed by atoms with Crippen LogP contribution >= 0.6 is 0 Å². The molecule has 224 valence electrons. The quantitative estimate of drug-likeness (QED) is 0.193. The van der Waals surface area contributed by atoms with E-state index in [0.717, 1.165) is 39.0 Å². The lowest BCUT2D eigenvalue weighted by Crippen LogP contribution is -2.46. The number of H-pyrrole nitrogens is 1. The Bertz CT molecular complexity index is 1520. The van der Waals surface area contributed by atoms with Crippen LogP contribution in [0, 0.1) is 6.92 Å². The third-order valence-corrected chi connectivity index (χ3v) is 12.1. The second kappa shape index (κ2) is 12.3. The van der Waals surface area contributed by atoms with Crippen LogP contribution in [0.25, 0.3) is 33.3 Å². The van der Waals surface area contributed by atoms with Gasteiger partial charge in [-0.3, -0.25) is 10.1 Å². The van der Waals surface area contributed by atoms with Crippen molar-refractivity contribution >= 4 is 25.3 Å². The van der Waals surface area contributed by atoms with Gasteiger partial charge in [0.25, 0.3) is 0 Å². The molecule has 0 radical (unpaired) electrons. The van der Waals surface area contributed by atoms with Crippen molar-refractivity contribution < 1.29 is 18.7 Å². The Balaban J connectivity index is 1.62. The smallest absolute Gasteiger partial charge is 0.408 e. The molecular formula is C33H44N4O4Si. The molecule has 1 amide bonds. The summed E-state index contributed by atoms with van der Waals surface area (Å²) in [7, 11) is -2.08. The second-order valence-electron chi connectivity index (χ2n) is 13.3. The number of alkyl carbamates (subject to hydrolysis) is 1. The van der Waals surface area contributed by atoms with Gasteiger partial charge in [0.15, 0.2) is 14.4 Å². The number of aryl methyl sites for hydroxylation is 1. The van der Waals surface area contributed by atoms with Crippen LogP contribution in [-0.4, -0.2) is 54.4 Å². The SMILES string of the molecule is Cc1[nH]nc2ccc(-c3cc(OC[C@H](CO[Si](C)(C)C(C)(C)C)OC(=O)NC(C)(C)C)cnc3-c3ccccc3)cc12. The molecule has 1 atom stereocenters. The minimum atomic E-state index is -2.08. The zero-order valence-electron chi connectivity index (χ0n) is 26.3. The van der Waals surface area contributed by atoms with E-state index < -0.39 is 26.1 Å². The van der Waals surface area contributed by atoms with Gasteiger partial charge in [0.2, 0.25) is 0 Å². The van der Waals surface area contributed by atoms with Gasteiger partial charge in [-0.15, -0.1) is 0 Å². The minimum Gasteiger partial charge on any atom is -0.488 e. The number of nitrogens with one attached hydrogen (secondary N) is 2. The number of rotatable bonds is 9. The van der Waals surface area contributed by atoms with Gasteiger partial charge in [-0.2, -0.15) is 5.10 Å².